The van der Waals surface area contributed by atoms with E-state index in [1.54, 1.807) is 0 Å². The van der Waals surface area contributed by atoms with Gasteiger partial charge < -0.3 is 4.90 Å². The van der Waals surface area contributed by atoms with Crippen LogP contribution in [-0.2, 0) is 0 Å². The van der Waals surface area contributed by atoms with Crippen molar-refractivity contribution in [1.82, 2.24) is 15.3 Å². The second-order valence-corrected chi connectivity index (χ2v) is 6.07. The lowest BCUT2D eigenvalue weighted by atomic mass is 9.95. The molecule has 0 unspecified atom stereocenters. The van der Waals surface area contributed by atoms with E-state index in [9.17, 15) is 0 Å². The normalized spacial score (nSPS) is 16.6. The summed E-state index contributed by atoms with van der Waals surface area (Å²) in [4.78, 5) is 6.61. The van der Waals surface area contributed by atoms with Gasteiger partial charge in [-0.25, -0.2) is 0 Å². The number of hydrogen-bond acceptors (Lipinski definition) is 3. The van der Waals surface area contributed by atoms with E-state index in [1.165, 1.54) is 32.1 Å². The van der Waals surface area contributed by atoms with E-state index >= 15 is 0 Å². The summed E-state index contributed by atoms with van der Waals surface area (Å²) in [5.74, 6) is 0. The van der Waals surface area contributed by atoms with Crippen molar-refractivity contribution in [2.45, 2.75) is 52.0 Å². The minimum absolute atomic E-state index is 0.548. The second-order valence-electron chi connectivity index (χ2n) is 5.68. The Balaban J connectivity index is 1.94. The fraction of sp³-hybridized carbons (Fsp3) is 0.562. The fourth-order valence-electron chi connectivity index (χ4n) is 2.65. The Bertz CT molecular complexity index is 521. The number of thiocarbonyl (C=S) groups is 1. The molecule has 0 aliphatic heterocycles. The first kappa shape index (κ1) is 15.9. The molecule has 0 aromatic carbocycles. The molecule has 0 atom stereocenters. The number of pyridine rings is 1. The molecule has 0 spiro atoms. The van der Waals surface area contributed by atoms with Gasteiger partial charge in [0.25, 0.3) is 0 Å². The van der Waals surface area contributed by atoms with Crippen LogP contribution in [0.2, 0.25) is 0 Å². The van der Waals surface area contributed by atoms with Crippen LogP contribution in [0.25, 0.3) is 0 Å². The lowest BCUT2D eigenvalue weighted by Gasteiger charge is -2.32. The molecule has 2 rings (SSSR count). The van der Waals surface area contributed by atoms with E-state index in [0.717, 1.165) is 17.1 Å². The minimum Gasteiger partial charge on any atom is -0.348 e. The third-order valence-electron chi connectivity index (χ3n) is 4.02. The van der Waals surface area contributed by atoms with Crippen LogP contribution in [-0.4, -0.2) is 33.8 Å². The molecule has 114 valence electrons. The Kier molecular flexibility index (Phi) is 5.67. The molecule has 1 aromatic rings. The van der Waals surface area contributed by atoms with E-state index in [1.807, 2.05) is 32.0 Å². The highest BCUT2D eigenvalue weighted by atomic mass is 32.1. The van der Waals surface area contributed by atoms with Crippen LogP contribution in [0.15, 0.2) is 23.3 Å². The van der Waals surface area contributed by atoms with Crippen molar-refractivity contribution in [2.24, 2.45) is 5.10 Å². The predicted octanol–water partition coefficient (Wildman–Crippen LogP) is 3.25. The Labute approximate surface area is 132 Å². The summed E-state index contributed by atoms with van der Waals surface area (Å²) in [5, 5.41) is 5.06. The zero-order valence-electron chi connectivity index (χ0n) is 13.1. The van der Waals surface area contributed by atoms with Crippen molar-refractivity contribution in [3.05, 3.63) is 29.6 Å². The molecule has 1 fully saturated rings. The highest BCUT2D eigenvalue weighted by molar-refractivity contribution is 7.80. The lowest BCUT2D eigenvalue weighted by Crippen LogP contribution is -2.42. The van der Waals surface area contributed by atoms with Crippen LogP contribution < -0.4 is 5.43 Å². The number of hydrazone groups is 1. The van der Waals surface area contributed by atoms with Crippen LogP contribution in [0.5, 0.6) is 0 Å². The average Bonchev–Trinajstić information content (AvgIpc) is 2.52. The Morgan fingerprint density at radius 1 is 1.33 bits per heavy atom. The monoisotopic (exact) mass is 304 g/mol. The fourth-order valence-corrected chi connectivity index (χ4v) is 2.84. The van der Waals surface area contributed by atoms with Crippen molar-refractivity contribution >= 4 is 23.0 Å². The SMILES string of the molecule is C/C(=N\NC(=S)N(C)C1CCCCC1)c1cccc(C)n1. The van der Waals surface area contributed by atoms with Gasteiger partial charge in [0.15, 0.2) is 5.11 Å². The summed E-state index contributed by atoms with van der Waals surface area (Å²) in [7, 11) is 2.06. The van der Waals surface area contributed by atoms with Gasteiger partial charge in [0.05, 0.1) is 11.4 Å². The van der Waals surface area contributed by atoms with E-state index in [2.05, 4.69) is 27.5 Å². The summed E-state index contributed by atoms with van der Waals surface area (Å²) < 4.78 is 0. The number of aryl methyl sites for hydroxylation is 1. The Morgan fingerprint density at radius 3 is 2.71 bits per heavy atom. The van der Waals surface area contributed by atoms with Crippen molar-refractivity contribution in [1.29, 1.82) is 0 Å². The minimum atomic E-state index is 0.548. The quantitative estimate of drug-likeness (QED) is 0.529. The average molecular weight is 304 g/mol. The van der Waals surface area contributed by atoms with E-state index in [0.29, 0.717) is 11.2 Å². The molecule has 1 aromatic heterocycles. The van der Waals surface area contributed by atoms with Gasteiger partial charge in [0.2, 0.25) is 0 Å². The summed E-state index contributed by atoms with van der Waals surface area (Å²) in [6, 6.07) is 6.47. The molecule has 1 N–H and O–H groups in total. The molecular formula is C16H24N4S. The standard InChI is InChI=1S/C16H24N4S/c1-12-8-7-11-15(17-12)13(2)18-19-16(21)20(3)14-9-5-4-6-10-14/h7-8,11,14H,4-6,9-10H2,1-3H3,(H,19,21)/b18-13+. The molecule has 0 bridgehead atoms. The van der Waals surface area contributed by atoms with Gasteiger partial charge in [0, 0.05) is 18.8 Å². The van der Waals surface area contributed by atoms with Crippen molar-refractivity contribution in [3.63, 3.8) is 0 Å². The molecule has 4 nitrogen and oxygen atoms in total. The van der Waals surface area contributed by atoms with Gasteiger partial charge in [-0.05, 0) is 51.0 Å². The highest BCUT2D eigenvalue weighted by Crippen LogP contribution is 2.21. The summed E-state index contributed by atoms with van der Waals surface area (Å²) >= 11 is 5.44. The molecule has 1 saturated carbocycles. The zero-order chi connectivity index (χ0) is 15.2. The molecule has 21 heavy (non-hydrogen) atoms. The van der Waals surface area contributed by atoms with Gasteiger partial charge in [-0.1, -0.05) is 25.3 Å². The van der Waals surface area contributed by atoms with Crippen LogP contribution in [0.1, 0.15) is 50.4 Å². The maximum Gasteiger partial charge on any atom is 0.189 e. The van der Waals surface area contributed by atoms with Crippen LogP contribution in [0.3, 0.4) is 0 Å². The molecule has 1 aliphatic rings. The van der Waals surface area contributed by atoms with Gasteiger partial charge in [-0.15, -0.1) is 0 Å². The molecule has 0 amide bonds. The maximum absolute atomic E-state index is 5.44. The molecule has 0 radical (unpaired) electrons. The highest BCUT2D eigenvalue weighted by Gasteiger charge is 2.19. The van der Waals surface area contributed by atoms with Crippen LogP contribution >= 0.6 is 12.2 Å². The van der Waals surface area contributed by atoms with Gasteiger partial charge in [-0.2, -0.15) is 5.10 Å². The number of rotatable bonds is 3. The Hall–Kier alpha value is -1.49. The number of nitrogens with one attached hydrogen (secondary N) is 1. The topological polar surface area (TPSA) is 40.5 Å². The Morgan fingerprint density at radius 2 is 2.05 bits per heavy atom. The third-order valence-corrected chi connectivity index (χ3v) is 4.40. The van der Waals surface area contributed by atoms with E-state index in [4.69, 9.17) is 12.2 Å². The van der Waals surface area contributed by atoms with Gasteiger partial charge in [-0.3, -0.25) is 10.4 Å². The summed E-state index contributed by atoms with van der Waals surface area (Å²) in [5.41, 5.74) is 5.72. The number of aromatic nitrogens is 1. The van der Waals surface area contributed by atoms with Crippen LogP contribution in [0.4, 0.5) is 0 Å². The second kappa shape index (κ2) is 7.50. The first-order valence-electron chi connectivity index (χ1n) is 7.59. The molecular weight excluding hydrogens is 280 g/mol. The van der Waals surface area contributed by atoms with Crippen LogP contribution in [0, 0.1) is 6.92 Å². The van der Waals surface area contributed by atoms with Crippen molar-refractivity contribution in [3.8, 4) is 0 Å². The molecule has 0 saturated heterocycles. The van der Waals surface area contributed by atoms with Gasteiger partial charge >= 0.3 is 0 Å². The predicted molar refractivity (Wildman–Crippen MR) is 91.6 cm³/mol. The first-order chi connectivity index (χ1) is 10.1. The zero-order valence-corrected chi connectivity index (χ0v) is 13.9. The molecule has 5 heteroatoms. The lowest BCUT2D eigenvalue weighted by molar-refractivity contribution is 0.276. The third kappa shape index (κ3) is 4.49. The largest absolute Gasteiger partial charge is 0.348 e. The molecule has 1 aliphatic carbocycles. The molecule has 1 heterocycles. The number of hydrogen-bond donors (Lipinski definition) is 1. The van der Waals surface area contributed by atoms with Crippen molar-refractivity contribution < 1.29 is 0 Å². The smallest absolute Gasteiger partial charge is 0.189 e. The summed E-state index contributed by atoms with van der Waals surface area (Å²) in [6.45, 7) is 3.92. The summed E-state index contributed by atoms with van der Waals surface area (Å²) in [6.07, 6.45) is 6.39. The first-order valence-corrected chi connectivity index (χ1v) is 8.00. The van der Waals surface area contributed by atoms with Crippen molar-refractivity contribution in [2.75, 3.05) is 7.05 Å². The van der Waals surface area contributed by atoms with E-state index < -0.39 is 0 Å². The van der Waals surface area contributed by atoms with Gasteiger partial charge in [0.1, 0.15) is 0 Å². The maximum atomic E-state index is 5.44. The van der Waals surface area contributed by atoms with E-state index in [-0.39, 0.29) is 0 Å². The number of nitrogens with zero attached hydrogens (tertiary/aromatic N) is 3.